The standard InChI is InChI=1S/C35H31F3N6O4/c1-21(31-13-15-47-31)44-32(42-29-10-11-30(35(45)46)43-33(29)44)17-24-5-3-4-23(7-9-26(24)36)18-41-19-28(38)34(40-2)48-20-25-8-6-22(12-14-39)16-27(25)37/h3,5-6,8-11,16,19,21,31H,2,7,12-13,15,17-18,20H2,1H3,(H,45,46)/b24-5-,26-9?,34-28-,41-19?. The van der Waals surface area contributed by atoms with Gasteiger partial charge in [0, 0.05) is 18.6 Å². The van der Waals surface area contributed by atoms with Crippen LogP contribution in [0.5, 0.6) is 0 Å². The molecule has 2 unspecified atom stereocenters. The molecule has 0 amide bonds. The molecule has 13 heteroatoms. The maximum Gasteiger partial charge on any atom is 0.354 e. The molecule has 246 valence electrons. The topological polar surface area (TPSA) is 135 Å². The number of ether oxygens (including phenoxy) is 2. The van der Waals surface area contributed by atoms with Gasteiger partial charge in [0.2, 0.25) is 5.83 Å². The first kappa shape index (κ1) is 33.8. The number of carbonyl (C=O) groups is 1. The first-order valence-corrected chi connectivity index (χ1v) is 15.0. The molecule has 48 heavy (non-hydrogen) atoms. The molecule has 1 aliphatic heterocycles. The maximum absolute atomic E-state index is 15.5. The number of nitriles is 1. The second kappa shape index (κ2) is 15.3. The number of imidazole rings is 1. The number of carboxylic acid groups (broad SMARTS) is 1. The fraction of sp³-hybridized carbons (Fsp3) is 0.286. The van der Waals surface area contributed by atoms with Gasteiger partial charge in [-0.1, -0.05) is 12.1 Å². The molecular formula is C35H31F3N6O4. The van der Waals surface area contributed by atoms with Gasteiger partial charge in [-0.05, 0) is 79.6 Å². The van der Waals surface area contributed by atoms with Crippen molar-refractivity contribution < 1.29 is 32.5 Å². The highest BCUT2D eigenvalue weighted by atomic mass is 19.1. The van der Waals surface area contributed by atoms with Gasteiger partial charge in [-0.3, -0.25) is 4.99 Å². The lowest BCUT2D eigenvalue weighted by Gasteiger charge is -2.33. The molecule has 1 saturated heterocycles. The highest BCUT2D eigenvalue weighted by molar-refractivity contribution is 5.88. The Balaban J connectivity index is 1.30. The Morgan fingerprint density at radius 1 is 1.33 bits per heavy atom. The van der Waals surface area contributed by atoms with Crippen LogP contribution >= 0.6 is 0 Å². The normalized spacial score (nSPS) is 18.4. The van der Waals surface area contributed by atoms with Crippen LogP contribution in [0.4, 0.5) is 13.2 Å². The van der Waals surface area contributed by atoms with Crippen LogP contribution < -0.4 is 0 Å². The number of pyridine rings is 1. The average molecular weight is 657 g/mol. The molecule has 0 bridgehead atoms. The monoisotopic (exact) mass is 656 g/mol. The summed E-state index contributed by atoms with van der Waals surface area (Å²) in [4.78, 5) is 28.1. The zero-order valence-corrected chi connectivity index (χ0v) is 26.0. The van der Waals surface area contributed by atoms with Gasteiger partial charge in [0.1, 0.15) is 29.6 Å². The Morgan fingerprint density at radius 3 is 2.83 bits per heavy atom. The summed E-state index contributed by atoms with van der Waals surface area (Å²) in [7, 11) is 0. The van der Waals surface area contributed by atoms with Crippen LogP contribution in [0.3, 0.4) is 0 Å². The molecule has 1 aromatic carbocycles. The number of hydrogen-bond donors (Lipinski definition) is 1. The van der Waals surface area contributed by atoms with Crippen molar-refractivity contribution >= 4 is 30.1 Å². The molecular weight excluding hydrogens is 625 g/mol. The third-order valence-corrected chi connectivity index (χ3v) is 7.86. The largest absolute Gasteiger partial charge is 0.477 e. The highest BCUT2D eigenvalue weighted by Gasteiger charge is 2.30. The van der Waals surface area contributed by atoms with Crippen molar-refractivity contribution in [3.8, 4) is 6.07 Å². The zero-order valence-electron chi connectivity index (χ0n) is 26.0. The van der Waals surface area contributed by atoms with Gasteiger partial charge in [-0.25, -0.2) is 28.5 Å². The molecule has 10 nitrogen and oxygen atoms in total. The van der Waals surface area contributed by atoms with E-state index in [9.17, 15) is 18.7 Å². The molecule has 2 aromatic heterocycles. The third kappa shape index (κ3) is 7.86. The Kier molecular flexibility index (Phi) is 10.8. The molecule has 1 aliphatic carbocycles. The van der Waals surface area contributed by atoms with Crippen LogP contribution in [0.25, 0.3) is 11.2 Å². The van der Waals surface area contributed by atoms with E-state index in [0.717, 1.165) is 12.6 Å². The molecule has 2 atom stereocenters. The van der Waals surface area contributed by atoms with Crippen molar-refractivity contribution in [2.45, 2.75) is 51.4 Å². The molecule has 2 aliphatic rings. The van der Waals surface area contributed by atoms with Gasteiger partial charge in [-0.2, -0.15) is 9.65 Å². The van der Waals surface area contributed by atoms with Crippen LogP contribution in [0.2, 0.25) is 0 Å². The number of carboxylic acids is 1. The van der Waals surface area contributed by atoms with E-state index < -0.39 is 29.3 Å². The summed E-state index contributed by atoms with van der Waals surface area (Å²) >= 11 is 0. The van der Waals surface area contributed by atoms with E-state index >= 15 is 4.39 Å². The lowest BCUT2D eigenvalue weighted by molar-refractivity contribution is -0.0759. The molecule has 0 saturated carbocycles. The van der Waals surface area contributed by atoms with Crippen molar-refractivity contribution in [2.24, 2.45) is 9.98 Å². The summed E-state index contributed by atoms with van der Waals surface area (Å²) in [5.74, 6) is -3.13. The summed E-state index contributed by atoms with van der Waals surface area (Å²) in [6, 6.07) is 8.94. The maximum atomic E-state index is 15.5. The van der Waals surface area contributed by atoms with Crippen LogP contribution in [0.15, 0.2) is 93.0 Å². The Hall–Kier alpha value is -5.57. The second-order valence-electron chi connectivity index (χ2n) is 11.1. The molecule has 1 N–H and O–H groups in total. The molecule has 0 spiro atoms. The van der Waals surface area contributed by atoms with E-state index in [1.54, 1.807) is 24.3 Å². The van der Waals surface area contributed by atoms with E-state index in [1.165, 1.54) is 24.3 Å². The van der Waals surface area contributed by atoms with Gasteiger partial charge in [0.25, 0.3) is 5.88 Å². The zero-order chi connectivity index (χ0) is 34.2. The summed E-state index contributed by atoms with van der Waals surface area (Å²) in [6.07, 6.45) is 6.44. The van der Waals surface area contributed by atoms with Crippen molar-refractivity contribution in [2.75, 3.05) is 13.2 Å². The fourth-order valence-corrected chi connectivity index (χ4v) is 5.20. The minimum absolute atomic E-state index is 0.00254. The molecule has 3 aromatic rings. The Morgan fingerprint density at radius 2 is 2.15 bits per heavy atom. The lowest BCUT2D eigenvalue weighted by atomic mass is 10.0. The van der Waals surface area contributed by atoms with E-state index in [-0.39, 0.29) is 55.8 Å². The predicted octanol–water partition coefficient (Wildman–Crippen LogP) is 6.62. The summed E-state index contributed by atoms with van der Waals surface area (Å²) < 4.78 is 57.3. The van der Waals surface area contributed by atoms with Crippen LogP contribution in [0.1, 0.15) is 53.2 Å². The lowest BCUT2D eigenvalue weighted by Crippen LogP contribution is -2.35. The number of aromatic nitrogens is 3. The number of allylic oxidation sites excluding steroid dienone is 5. The average Bonchev–Trinajstić information content (AvgIpc) is 3.39. The smallest absolute Gasteiger partial charge is 0.354 e. The fourth-order valence-electron chi connectivity index (χ4n) is 5.20. The first-order chi connectivity index (χ1) is 23.2. The quantitative estimate of drug-likeness (QED) is 0.124. The van der Waals surface area contributed by atoms with Crippen molar-refractivity contribution in [1.82, 2.24) is 14.5 Å². The van der Waals surface area contributed by atoms with Gasteiger partial charge in [0.15, 0.2) is 11.3 Å². The van der Waals surface area contributed by atoms with E-state index in [0.29, 0.717) is 40.3 Å². The van der Waals surface area contributed by atoms with Crippen molar-refractivity contribution in [3.05, 3.63) is 111 Å². The minimum Gasteiger partial charge on any atom is -0.477 e. The molecule has 5 rings (SSSR count). The number of fused-ring (bicyclic) bond motifs is 1. The molecule has 1 fully saturated rings. The number of benzene rings is 1. The summed E-state index contributed by atoms with van der Waals surface area (Å²) in [5, 5.41) is 18.2. The number of halogens is 3. The van der Waals surface area contributed by atoms with Crippen molar-refractivity contribution in [3.63, 3.8) is 0 Å². The third-order valence-electron chi connectivity index (χ3n) is 7.86. The van der Waals surface area contributed by atoms with Gasteiger partial charge in [-0.15, -0.1) is 5.73 Å². The van der Waals surface area contributed by atoms with Gasteiger partial charge >= 0.3 is 5.97 Å². The number of rotatable bonds is 13. The number of hydrogen-bond acceptors (Lipinski definition) is 8. The van der Waals surface area contributed by atoms with E-state index in [1.807, 2.05) is 17.6 Å². The summed E-state index contributed by atoms with van der Waals surface area (Å²) in [5.41, 5.74) is 5.39. The highest BCUT2D eigenvalue weighted by Crippen LogP contribution is 2.31. The minimum atomic E-state index is -1.16. The Bertz CT molecular complexity index is 1980. The predicted molar refractivity (Wildman–Crippen MR) is 172 cm³/mol. The van der Waals surface area contributed by atoms with Crippen LogP contribution in [-0.4, -0.2) is 57.8 Å². The van der Waals surface area contributed by atoms with Gasteiger partial charge < -0.3 is 19.1 Å². The first-order valence-electron chi connectivity index (χ1n) is 15.0. The van der Waals surface area contributed by atoms with Crippen LogP contribution in [-0.2, 0) is 28.9 Å². The summed E-state index contributed by atoms with van der Waals surface area (Å²) in [6.45, 7) is 5.54. The SMILES string of the molecule is C=N/C(OCc1ccc(CC#N)cc1F)=C(/F)C=NCC1=C=C/C=C(/Cc2nc3ccc(C(=O)O)nc3n2C(C)C2CCO2)C(F)=CC1. The van der Waals surface area contributed by atoms with E-state index in [2.05, 4.69) is 32.4 Å². The van der Waals surface area contributed by atoms with Gasteiger partial charge in [0.05, 0.1) is 37.4 Å². The van der Waals surface area contributed by atoms with E-state index in [4.69, 9.17) is 14.7 Å². The Labute approximate surface area is 274 Å². The van der Waals surface area contributed by atoms with Crippen molar-refractivity contribution in [1.29, 1.82) is 5.26 Å². The number of aliphatic imine (C=N–C) groups is 2. The van der Waals surface area contributed by atoms with Crippen LogP contribution in [0, 0.1) is 17.1 Å². The molecule has 3 heterocycles. The number of aromatic carboxylic acids is 1. The molecule has 0 radical (unpaired) electrons. The number of nitrogens with zero attached hydrogens (tertiary/aromatic N) is 6. The second-order valence-corrected chi connectivity index (χ2v) is 11.1.